The molecule has 96 valence electrons. The van der Waals surface area contributed by atoms with Gasteiger partial charge >= 0.3 is 0 Å². The highest BCUT2D eigenvalue weighted by Crippen LogP contribution is 2.34. The van der Waals surface area contributed by atoms with Crippen molar-refractivity contribution in [2.24, 2.45) is 0 Å². The molecule has 0 unspecified atom stereocenters. The minimum atomic E-state index is 0.967. The first-order valence-corrected chi connectivity index (χ1v) is 7.78. The monoisotopic (exact) mass is 295 g/mol. The summed E-state index contributed by atoms with van der Waals surface area (Å²) in [7, 11) is 0. The molecule has 0 fully saturated rings. The van der Waals surface area contributed by atoms with Crippen molar-refractivity contribution in [1.82, 2.24) is 14.3 Å². The Balaban J connectivity index is 1.82. The van der Waals surface area contributed by atoms with Gasteiger partial charge in [0.25, 0.3) is 0 Å². The summed E-state index contributed by atoms with van der Waals surface area (Å²) in [6, 6.07) is 12.2. The average Bonchev–Trinajstić information content (AvgIpc) is 3.14. The summed E-state index contributed by atoms with van der Waals surface area (Å²) < 4.78 is 5.75. The molecule has 0 N–H and O–H groups in total. The molecule has 0 bridgehead atoms. The molecule has 20 heavy (non-hydrogen) atoms. The van der Waals surface area contributed by atoms with Gasteiger partial charge in [0.15, 0.2) is 0 Å². The van der Waals surface area contributed by atoms with Crippen molar-refractivity contribution in [3.05, 3.63) is 54.2 Å². The van der Waals surface area contributed by atoms with E-state index in [2.05, 4.69) is 26.9 Å². The number of fused-ring (bicyclic) bond motifs is 1. The Labute approximate surface area is 123 Å². The molecule has 4 rings (SSSR count). The summed E-state index contributed by atoms with van der Waals surface area (Å²) in [5, 5.41) is 4.21. The van der Waals surface area contributed by atoms with Gasteiger partial charge in [-0.25, -0.2) is 4.98 Å². The number of pyridine rings is 1. The van der Waals surface area contributed by atoms with Gasteiger partial charge < -0.3 is 0 Å². The van der Waals surface area contributed by atoms with Crippen molar-refractivity contribution in [1.29, 1.82) is 0 Å². The lowest BCUT2D eigenvalue weighted by Crippen LogP contribution is -1.80. The maximum absolute atomic E-state index is 4.71. The molecule has 0 saturated heterocycles. The minimum absolute atomic E-state index is 0.967. The number of hydrogen-bond acceptors (Lipinski definition) is 5. The number of thiazole rings is 1. The molecule has 0 aliphatic carbocycles. The van der Waals surface area contributed by atoms with E-state index in [0.29, 0.717) is 0 Å². The van der Waals surface area contributed by atoms with Crippen molar-refractivity contribution in [2.75, 3.05) is 0 Å². The van der Waals surface area contributed by atoms with Crippen molar-refractivity contribution < 1.29 is 0 Å². The zero-order valence-electron chi connectivity index (χ0n) is 10.4. The van der Waals surface area contributed by atoms with Crippen LogP contribution in [0.2, 0.25) is 0 Å². The highest BCUT2D eigenvalue weighted by atomic mass is 32.1. The summed E-state index contributed by atoms with van der Waals surface area (Å²) in [5.41, 5.74) is 3.04. The average molecular weight is 295 g/mol. The Kier molecular flexibility index (Phi) is 2.79. The van der Waals surface area contributed by atoms with Crippen molar-refractivity contribution in [2.45, 2.75) is 0 Å². The van der Waals surface area contributed by atoms with Crippen LogP contribution in [0.1, 0.15) is 0 Å². The maximum atomic E-state index is 4.71. The largest absolute Gasteiger partial charge is 0.265 e. The molecule has 3 nitrogen and oxygen atoms in total. The molecule has 0 radical (unpaired) electrons. The Morgan fingerprint density at radius 2 is 1.80 bits per heavy atom. The summed E-state index contributed by atoms with van der Waals surface area (Å²) in [4.78, 5) is 8.74. The quantitative estimate of drug-likeness (QED) is 0.547. The lowest BCUT2D eigenvalue weighted by molar-refractivity contribution is 1.31. The lowest BCUT2D eigenvalue weighted by atomic mass is 10.2. The smallest absolute Gasteiger partial charge is 0.144 e. The zero-order valence-corrected chi connectivity index (χ0v) is 12.0. The van der Waals surface area contributed by atoms with Crippen LogP contribution in [-0.4, -0.2) is 14.3 Å². The Morgan fingerprint density at radius 3 is 2.70 bits per heavy atom. The van der Waals surface area contributed by atoms with E-state index in [1.54, 1.807) is 23.7 Å². The van der Waals surface area contributed by atoms with Gasteiger partial charge in [-0.15, -0.1) is 11.3 Å². The third-order valence-corrected chi connectivity index (χ3v) is 4.74. The molecule has 0 atom stereocenters. The van der Waals surface area contributed by atoms with Gasteiger partial charge in [0, 0.05) is 28.7 Å². The Morgan fingerprint density at radius 1 is 0.950 bits per heavy atom. The molecule has 0 saturated carbocycles. The van der Waals surface area contributed by atoms with E-state index in [1.165, 1.54) is 21.6 Å². The third-order valence-electron chi connectivity index (χ3n) is 3.06. The summed E-state index contributed by atoms with van der Waals surface area (Å²) in [6.07, 6.45) is 3.57. The van der Waals surface area contributed by atoms with E-state index in [-0.39, 0.29) is 0 Å². The SMILES string of the molecule is c1ccc2c(-c3nc(-c4ccncc4)cs3)nsc2c1. The molecule has 3 heterocycles. The first-order valence-electron chi connectivity index (χ1n) is 6.12. The van der Waals surface area contributed by atoms with E-state index < -0.39 is 0 Å². The van der Waals surface area contributed by atoms with E-state index >= 15 is 0 Å². The van der Waals surface area contributed by atoms with Crippen LogP contribution in [0.5, 0.6) is 0 Å². The van der Waals surface area contributed by atoms with Crippen LogP contribution in [0.3, 0.4) is 0 Å². The second-order valence-electron chi connectivity index (χ2n) is 4.30. The standard InChI is InChI=1S/C15H9N3S2/c1-2-4-13-11(3-1)14(18-20-13)15-17-12(9-19-15)10-5-7-16-8-6-10/h1-9H. The predicted molar refractivity (Wildman–Crippen MR) is 84.0 cm³/mol. The van der Waals surface area contributed by atoms with Crippen molar-refractivity contribution >= 4 is 33.0 Å². The van der Waals surface area contributed by atoms with Crippen LogP contribution >= 0.6 is 22.9 Å². The molecule has 0 aliphatic heterocycles. The zero-order chi connectivity index (χ0) is 13.4. The molecular formula is C15H9N3S2. The third kappa shape index (κ3) is 1.92. The minimum Gasteiger partial charge on any atom is -0.265 e. The van der Waals surface area contributed by atoms with Gasteiger partial charge in [0.05, 0.1) is 10.4 Å². The van der Waals surface area contributed by atoms with Gasteiger partial charge in [-0.2, -0.15) is 4.37 Å². The second kappa shape index (κ2) is 4.77. The number of hydrogen-bond donors (Lipinski definition) is 0. The highest BCUT2D eigenvalue weighted by molar-refractivity contribution is 7.15. The van der Waals surface area contributed by atoms with E-state index in [9.17, 15) is 0 Å². The fourth-order valence-corrected chi connectivity index (χ4v) is 3.74. The van der Waals surface area contributed by atoms with Gasteiger partial charge in [0.2, 0.25) is 0 Å². The first-order chi connectivity index (χ1) is 9.92. The summed E-state index contributed by atoms with van der Waals surface area (Å²) in [6.45, 7) is 0. The van der Waals surface area contributed by atoms with Crippen LogP contribution in [0, 0.1) is 0 Å². The molecule has 0 aliphatic rings. The van der Waals surface area contributed by atoms with Gasteiger partial charge in [-0.3, -0.25) is 4.98 Å². The summed E-state index contributed by atoms with van der Waals surface area (Å²) >= 11 is 3.15. The van der Waals surface area contributed by atoms with Crippen LogP contribution in [0.4, 0.5) is 0 Å². The van der Waals surface area contributed by atoms with Gasteiger partial charge in [-0.05, 0) is 29.7 Å². The van der Waals surface area contributed by atoms with Gasteiger partial charge in [0.1, 0.15) is 10.7 Å². The first kappa shape index (κ1) is 11.7. The Bertz CT molecular complexity index is 865. The van der Waals surface area contributed by atoms with Crippen LogP contribution in [-0.2, 0) is 0 Å². The van der Waals surface area contributed by atoms with Gasteiger partial charge in [-0.1, -0.05) is 18.2 Å². The number of aromatic nitrogens is 3. The molecule has 5 heteroatoms. The normalized spacial score (nSPS) is 11.0. The fourth-order valence-electron chi connectivity index (χ4n) is 2.08. The Hall–Kier alpha value is -2.11. The number of rotatable bonds is 2. The van der Waals surface area contributed by atoms with E-state index in [4.69, 9.17) is 4.98 Å². The van der Waals surface area contributed by atoms with E-state index in [0.717, 1.165) is 22.0 Å². The fraction of sp³-hybridized carbons (Fsp3) is 0. The van der Waals surface area contributed by atoms with Crippen LogP contribution < -0.4 is 0 Å². The number of benzene rings is 1. The molecule has 3 aromatic heterocycles. The van der Waals surface area contributed by atoms with Crippen LogP contribution in [0.15, 0.2) is 54.2 Å². The molecule has 4 aromatic rings. The number of nitrogens with zero attached hydrogens (tertiary/aromatic N) is 3. The maximum Gasteiger partial charge on any atom is 0.144 e. The van der Waals surface area contributed by atoms with Crippen molar-refractivity contribution in [3.63, 3.8) is 0 Å². The van der Waals surface area contributed by atoms with Crippen LogP contribution in [0.25, 0.3) is 32.0 Å². The van der Waals surface area contributed by atoms with Crippen molar-refractivity contribution in [3.8, 4) is 22.0 Å². The topological polar surface area (TPSA) is 38.7 Å². The molecule has 1 aromatic carbocycles. The molecule has 0 amide bonds. The highest BCUT2D eigenvalue weighted by Gasteiger charge is 2.12. The molecular weight excluding hydrogens is 286 g/mol. The van der Waals surface area contributed by atoms with E-state index in [1.807, 2.05) is 24.3 Å². The lowest BCUT2D eigenvalue weighted by Gasteiger charge is -1.94. The molecule has 0 spiro atoms. The predicted octanol–water partition coefficient (Wildman–Crippen LogP) is 4.48. The second-order valence-corrected chi connectivity index (χ2v) is 5.96. The summed E-state index contributed by atoms with van der Waals surface area (Å²) in [5.74, 6) is 0.